The lowest BCUT2D eigenvalue weighted by Gasteiger charge is -2.06. The van der Waals surface area contributed by atoms with Crippen molar-refractivity contribution in [2.45, 2.75) is 6.18 Å². The summed E-state index contributed by atoms with van der Waals surface area (Å²) < 4.78 is 47.9. The zero-order valence-corrected chi connectivity index (χ0v) is 15.3. The van der Waals surface area contributed by atoms with Crippen LogP contribution >= 0.6 is 0 Å². The zero-order valence-electron chi connectivity index (χ0n) is 15.3. The molecular weight excluding hydrogens is 381 g/mol. The van der Waals surface area contributed by atoms with Crippen molar-refractivity contribution >= 4 is 16.7 Å². The first-order valence-corrected chi connectivity index (χ1v) is 8.50. The van der Waals surface area contributed by atoms with Crippen molar-refractivity contribution in [1.82, 2.24) is 0 Å². The molecule has 0 unspecified atom stereocenters. The molecule has 0 N–H and O–H groups in total. The van der Waals surface area contributed by atoms with E-state index in [0.29, 0.717) is 22.3 Å². The second-order valence-electron chi connectivity index (χ2n) is 5.98. The Kier molecular flexibility index (Phi) is 5.89. The van der Waals surface area contributed by atoms with E-state index in [1.165, 1.54) is 25.5 Å². The molecule has 3 nitrogen and oxygen atoms in total. The van der Waals surface area contributed by atoms with Crippen LogP contribution in [0.25, 0.3) is 10.8 Å². The van der Waals surface area contributed by atoms with Gasteiger partial charge < -0.3 is 9.47 Å². The summed E-state index contributed by atoms with van der Waals surface area (Å²) in [6.07, 6.45) is -2.00. The minimum absolute atomic E-state index is 0.367. The van der Waals surface area contributed by atoms with Crippen LogP contribution in [0.3, 0.4) is 0 Å². The summed E-state index contributed by atoms with van der Waals surface area (Å²) in [6, 6.07) is 15.3. The predicted molar refractivity (Wildman–Crippen MR) is 103 cm³/mol. The van der Waals surface area contributed by atoms with Crippen molar-refractivity contribution < 1.29 is 27.4 Å². The number of rotatable bonds is 3. The van der Waals surface area contributed by atoms with Crippen LogP contribution < -0.4 is 4.74 Å². The third-order valence-electron chi connectivity index (χ3n) is 3.96. The number of benzene rings is 3. The molecule has 0 bridgehead atoms. The lowest BCUT2D eigenvalue weighted by Crippen LogP contribution is -2.04. The van der Waals surface area contributed by atoms with Gasteiger partial charge in [-0.1, -0.05) is 30.0 Å². The molecular formula is C23H15F3O3. The summed E-state index contributed by atoms with van der Waals surface area (Å²) >= 11 is 0. The molecule has 0 spiro atoms. The van der Waals surface area contributed by atoms with Crippen LogP contribution in [0.15, 0.2) is 73.0 Å². The molecule has 0 aliphatic rings. The number of carbonyl (C=O) groups is 1. The fraction of sp³-hybridized carbons (Fsp3) is 0.0870. The Balaban J connectivity index is 1.88. The normalized spacial score (nSPS) is 11.2. The van der Waals surface area contributed by atoms with E-state index in [4.69, 9.17) is 9.47 Å². The summed E-state index contributed by atoms with van der Waals surface area (Å²) in [7, 11) is 1.42. The molecule has 3 aromatic rings. The summed E-state index contributed by atoms with van der Waals surface area (Å²) in [4.78, 5) is 11.8. The van der Waals surface area contributed by atoms with Crippen LogP contribution in [-0.2, 0) is 15.7 Å². The van der Waals surface area contributed by atoms with E-state index < -0.39 is 17.7 Å². The van der Waals surface area contributed by atoms with Gasteiger partial charge in [-0.2, -0.15) is 13.2 Å². The smallest absolute Gasteiger partial charge is 0.416 e. The summed E-state index contributed by atoms with van der Waals surface area (Å²) in [5, 5.41) is 1.54. The third kappa shape index (κ3) is 5.17. The number of hydrogen-bond donors (Lipinski definition) is 0. The molecule has 0 aliphatic carbocycles. The molecule has 3 aromatic carbocycles. The maximum absolute atomic E-state index is 12.6. The largest absolute Gasteiger partial charge is 0.504 e. The molecule has 0 fully saturated rings. The highest BCUT2D eigenvalue weighted by Crippen LogP contribution is 2.29. The number of alkyl halides is 3. The first kappa shape index (κ1) is 20.0. The van der Waals surface area contributed by atoms with Gasteiger partial charge in [0.1, 0.15) is 5.75 Å². The van der Waals surface area contributed by atoms with Gasteiger partial charge in [0.25, 0.3) is 0 Å². The van der Waals surface area contributed by atoms with Crippen LogP contribution in [0.4, 0.5) is 13.2 Å². The highest BCUT2D eigenvalue weighted by molar-refractivity contribution is 5.93. The summed E-state index contributed by atoms with van der Waals surface area (Å²) in [5.74, 6) is 5.54. The maximum atomic E-state index is 12.6. The van der Waals surface area contributed by atoms with Gasteiger partial charge in [-0.15, -0.1) is 0 Å². The second kappa shape index (κ2) is 8.53. The minimum Gasteiger partial charge on any atom is -0.504 e. The van der Waals surface area contributed by atoms with Crippen LogP contribution in [0.5, 0.6) is 5.75 Å². The number of esters is 1. The van der Waals surface area contributed by atoms with E-state index in [0.717, 1.165) is 23.6 Å². The highest BCUT2D eigenvalue weighted by atomic mass is 19.4. The molecule has 0 amide bonds. The summed E-state index contributed by atoms with van der Waals surface area (Å²) in [6.45, 7) is 0. The minimum atomic E-state index is -4.38. The van der Waals surface area contributed by atoms with Crippen molar-refractivity contribution in [3.63, 3.8) is 0 Å². The molecule has 0 saturated heterocycles. The quantitative estimate of drug-likeness (QED) is 0.198. The van der Waals surface area contributed by atoms with Gasteiger partial charge in [0.15, 0.2) is 0 Å². The van der Waals surface area contributed by atoms with E-state index >= 15 is 0 Å². The molecule has 0 radical (unpaired) electrons. The monoisotopic (exact) mass is 396 g/mol. The Bertz CT molecular complexity index is 1120. The molecule has 29 heavy (non-hydrogen) atoms. The van der Waals surface area contributed by atoms with Gasteiger partial charge >= 0.3 is 12.1 Å². The van der Waals surface area contributed by atoms with Crippen molar-refractivity contribution in [3.05, 3.63) is 89.7 Å². The van der Waals surface area contributed by atoms with E-state index in [-0.39, 0.29) is 0 Å². The standard InChI is InChI=1S/C23H15F3O3/c1-28-14-13-22(27)29-21-4-2-3-18-10-7-17(15-20(18)21)6-5-16-8-11-19(12-9-16)23(24,25)26/h2-4,7-15H,1H3. The number of halogens is 3. The van der Waals surface area contributed by atoms with E-state index in [1.54, 1.807) is 24.3 Å². The van der Waals surface area contributed by atoms with E-state index in [1.807, 2.05) is 12.1 Å². The van der Waals surface area contributed by atoms with Gasteiger partial charge in [0, 0.05) is 16.5 Å². The zero-order chi connectivity index (χ0) is 20.9. The fourth-order valence-corrected chi connectivity index (χ4v) is 2.56. The molecule has 3 rings (SSSR count). The Morgan fingerprint density at radius 3 is 2.34 bits per heavy atom. The van der Waals surface area contributed by atoms with Crippen LogP contribution in [0.2, 0.25) is 0 Å². The summed E-state index contributed by atoms with van der Waals surface area (Å²) in [5.41, 5.74) is 0.374. The number of hydrogen-bond acceptors (Lipinski definition) is 3. The van der Waals surface area contributed by atoms with Crippen molar-refractivity contribution in [3.8, 4) is 17.6 Å². The Morgan fingerprint density at radius 2 is 1.66 bits per heavy atom. The number of ether oxygens (including phenoxy) is 2. The molecule has 0 atom stereocenters. The Morgan fingerprint density at radius 1 is 0.966 bits per heavy atom. The molecule has 146 valence electrons. The maximum Gasteiger partial charge on any atom is 0.416 e. The van der Waals surface area contributed by atoms with E-state index in [2.05, 4.69) is 11.8 Å². The molecule has 0 heterocycles. The number of methoxy groups -OCH3 is 1. The topological polar surface area (TPSA) is 35.5 Å². The van der Waals surface area contributed by atoms with Gasteiger partial charge in [-0.05, 0) is 47.9 Å². The van der Waals surface area contributed by atoms with Gasteiger partial charge in [0.2, 0.25) is 0 Å². The Hall–Kier alpha value is -3.72. The number of fused-ring (bicyclic) bond motifs is 1. The molecule has 0 aromatic heterocycles. The van der Waals surface area contributed by atoms with Crippen LogP contribution in [0.1, 0.15) is 16.7 Å². The Labute approximate surface area is 165 Å². The lowest BCUT2D eigenvalue weighted by molar-refractivity contribution is -0.137. The fourth-order valence-electron chi connectivity index (χ4n) is 2.56. The van der Waals surface area contributed by atoms with Gasteiger partial charge in [-0.3, -0.25) is 0 Å². The first-order valence-electron chi connectivity index (χ1n) is 8.50. The molecule has 0 aliphatic heterocycles. The van der Waals surface area contributed by atoms with Crippen molar-refractivity contribution in [1.29, 1.82) is 0 Å². The average molecular weight is 396 g/mol. The first-order chi connectivity index (χ1) is 13.9. The third-order valence-corrected chi connectivity index (χ3v) is 3.96. The van der Waals surface area contributed by atoms with Gasteiger partial charge in [0.05, 0.1) is 25.0 Å². The van der Waals surface area contributed by atoms with E-state index in [9.17, 15) is 18.0 Å². The van der Waals surface area contributed by atoms with Crippen LogP contribution in [0, 0.1) is 11.8 Å². The SMILES string of the molecule is COC=CC(=O)Oc1cccc2ccc(C#Cc3ccc(C(F)(F)F)cc3)cc12. The van der Waals surface area contributed by atoms with Crippen molar-refractivity contribution in [2.75, 3.05) is 7.11 Å². The number of carbonyl (C=O) groups excluding carboxylic acids is 1. The lowest BCUT2D eigenvalue weighted by atomic mass is 10.1. The van der Waals surface area contributed by atoms with Crippen LogP contribution in [-0.4, -0.2) is 13.1 Å². The molecule has 0 saturated carbocycles. The predicted octanol–water partition coefficient (Wildman–Crippen LogP) is 5.32. The van der Waals surface area contributed by atoms with Crippen molar-refractivity contribution in [2.24, 2.45) is 0 Å². The average Bonchev–Trinajstić information content (AvgIpc) is 2.70. The highest BCUT2D eigenvalue weighted by Gasteiger charge is 2.29. The van der Waals surface area contributed by atoms with Gasteiger partial charge in [-0.25, -0.2) is 4.79 Å². The molecule has 6 heteroatoms. The second-order valence-corrected chi connectivity index (χ2v) is 5.98.